The van der Waals surface area contributed by atoms with Crippen LogP contribution in [-0.2, 0) is 5.54 Å². The lowest BCUT2D eigenvalue weighted by atomic mass is 10.3. The molecule has 0 aliphatic heterocycles. The molecule has 0 radical (unpaired) electrons. The summed E-state index contributed by atoms with van der Waals surface area (Å²) >= 11 is 5.22. The molecule has 4 heteroatoms. The second-order valence-corrected chi connectivity index (χ2v) is 5.65. The Labute approximate surface area is 94.3 Å². The van der Waals surface area contributed by atoms with E-state index in [-0.39, 0.29) is 5.54 Å². The highest BCUT2D eigenvalue weighted by Crippen LogP contribution is 2.45. The van der Waals surface area contributed by atoms with E-state index in [0.717, 1.165) is 27.8 Å². The van der Waals surface area contributed by atoms with Gasteiger partial charge in [-0.1, -0.05) is 6.07 Å². The number of thiazole rings is 1. The molecule has 0 bridgehead atoms. The fourth-order valence-corrected chi connectivity index (χ4v) is 3.21. The van der Waals surface area contributed by atoms with Crippen LogP contribution in [0.5, 0.6) is 0 Å². The number of para-hydroxylation sites is 1. The van der Waals surface area contributed by atoms with Crippen molar-refractivity contribution in [1.82, 2.24) is 4.98 Å². The summed E-state index contributed by atoms with van der Waals surface area (Å²) in [6, 6.07) is 6.14. The van der Waals surface area contributed by atoms with Crippen molar-refractivity contribution in [2.75, 3.05) is 0 Å². The average Bonchev–Trinajstić information content (AvgIpc) is 2.77. The van der Waals surface area contributed by atoms with Gasteiger partial charge in [-0.3, -0.25) is 0 Å². The Morgan fingerprint density at radius 3 is 2.86 bits per heavy atom. The Morgan fingerprint density at radius 1 is 1.43 bits per heavy atom. The van der Waals surface area contributed by atoms with Crippen molar-refractivity contribution in [3.8, 4) is 0 Å². The summed E-state index contributed by atoms with van der Waals surface area (Å²) in [5.41, 5.74) is 7.05. The smallest absolute Gasteiger partial charge is 0.114 e. The molecule has 72 valence electrons. The van der Waals surface area contributed by atoms with Gasteiger partial charge in [-0.2, -0.15) is 0 Å². The van der Waals surface area contributed by atoms with Crippen LogP contribution >= 0.6 is 27.3 Å². The summed E-state index contributed by atoms with van der Waals surface area (Å²) in [7, 11) is 0. The summed E-state index contributed by atoms with van der Waals surface area (Å²) in [5.74, 6) is 0. The first kappa shape index (κ1) is 8.83. The second-order valence-electron chi connectivity index (χ2n) is 3.76. The molecule has 1 saturated carbocycles. The third-order valence-corrected chi connectivity index (χ3v) is 4.46. The summed E-state index contributed by atoms with van der Waals surface area (Å²) < 4.78 is 2.27. The van der Waals surface area contributed by atoms with E-state index in [9.17, 15) is 0 Å². The monoisotopic (exact) mass is 268 g/mol. The number of aromatic nitrogens is 1. The number of rotatable bonds is 1. The Morgan fingerprint density at radius 2 is 2.21 bits per heavy atom. The van der Waals surface area contributed by atoms with E-state index in [1.165, 1.54) is 4.70 Å². The zero-order chi connectivity index (χ0) is 9.76. The highest BCUT2D eigenvalue weighted by atomic mass is 79.9. The van der Waals surface area contributed by atoms with E-state index < -0.39 is 0 Å². The molecule has 0 amide bonds. The summed E-state index contributed by atoms with van der Waals surface area (Å²) in [4.78, 5) is 4.59. The molecule has 2 aromatic rings. The molecule has 1 aliphatic carbocycles. The lowest BCUT2D eigenvalue weighted by molar-refractivity contribution is 0.734. The lowest BCUT2D eigenvalue weighted by Crippen LogP contribution is -2.17. The third kappa shape index (κ3) is 1.21. The number of benzene rings is 1. The van der Waals surface area contributed by atoms with Gasteiger partial charge in [-0.25, -0.2) is 4.98 Å². The highest BCUT2D eigenvalue weighted by molar-refractivity contribution is 9.10. The fraction of sp³-hybridized carbons (Fsp3) is 0.300. The van der Waals surface area contributed by atoms with E-state index in [4.69, 9.17) is 5.73 Å². The molecule has 1 aromatic carbocycles. The van der Waals surface area contributed by atoms with Crippen molar-refractivity contribution in [1.29, 1.82) is 0 Å². The van der Waals surface area contributed by atoms with Crippen LogP contribution in [0.15, 0.2) is 22.7 Å². The predicted molar refractivity (Wildman–Crippen MR) is 62.4 cm³/mol. The molecule has 1 aliphatic rings. The van der Waals surface area contributed by atoms with Gasteiger partial charge in [0, 0.05) is 4.47 Å². The van der Waals surface area contributed by atoms with Crippen LogP contribution in [0, 0.1) is 0 Å². The van der Waals surface area contributed by atoms with E-state index in [1.54, 1.807) is 11.3 Å². The van der Waals surface area contributed by atoms with Gasteiger partial charge in [0.15, 0.2) is 0 Å². The molecule has 0 saturated heterocycles. The Bertz CT molecular complexity index is 502. The van der Waals surface area contributed by atoms with Gasteiger partial charge in [0.25, 0.3) is 0 Å². The van der Waals surface area contributed by atoms with Crippen molar-refractivity contribution in [2.24, 2.45) is 5.73 Å². The number of halogens is 1. The van der Waals surface area contributed by atoms with Gasteiger partial charge in [0.1, 0.15) is 5.01 Å². The van der Waals surface area contributed by atoms with Crippen LogP contribution in [0.1, 0.15) is 17.8 Å². The minimum atomic E-state index is -0.108. The van der Waals surface area contributed by atoms with Gasteiger partial charge >= 0.3 is 0 Å². The van der Waals surface area contributed by atoms with Crippen LogP contribution in [0.3, 0.4) is 0 Å². The van der Waals surface area contributed by atoms with E-state index in [1.807, 2.05) is 12.1 Å². The molecular formula is C10H9BrN2S. The molecule has 2 N–H and O–H groups in total. The number of hydrogen-bond acceptors (Lipinski definition) is 3. The molecule has 1 aromatic heterocycles. The SMILES string of the molecule is NC1(c2nc3c(Br)cccc3s2)CC1. The minimum absolute atomic E-state index is 0.108. The van der Waals surface area contributed by atoms with Gasteiger partial charge < -0.3 is 5.73 Å². The highest BCUT2D eigenvalue weighted by Gasteiger charge is 2.43. The largest absolute Gasteiger partial charge is 0.319 e. The van der Waals surface area contributed by atoms with Gasteiger partial charge in [0.05, 0.1) is 15.8 Å². The molecule has 3 rings (SSSR count). The van der Waals surface area contributed by atoms with Crippen LogP contribution in [0.4, 0.5) is 0 Å². The maximum absolute atomic E-state index is 6.11. The van der Waals surface area contributed by atoms with Crippen LogP contribution < -0.4 is 5.73 Å². The van der Waals surface area contributed by atoms with Crippen molar-refractivity contribution >= 4 is 37.5 Å². The van der Waals surface area contributed by atoms with Gasteiger partial charge in [-0.05, 0) is 40.9 Å². The number of nitrogens with two attached hydrogens (primary N) is 1. The fourth-order valence-electron chi connectivity index (χ4n) is 1.48. The standard InChI is InChI=1S/C10H9BrN2S/c11-6-2-1-3-7-8(6)13-9(14-7)10(12)4-5-10/h1-3H,4-5,12H2. The van der Waals surface area contributed by atoms with Crippen molar-refractivity contribution in [2.45, 2.75) is 18.4 Å². The van der Waals surface area contributed by atoms with Crippen LogP contribution in [0.25, 0.3) is 10.2 Å². The van der Waals surface area contributed by atoms with E-state index >= 15 is 0 Å². The predicted octanol–water partition coefficient (Wildman–Crippen LogP) is 3.01. The summed E-state index contributed by atoms with van der Waals surface area (Å²) in [6.07, 6.45) is 2.15. The maximum Gasteiger partial charge on any atom is 0.114 e. The number of fused-ring (bicyclic) bond motifs is 1. The molecule has 1 heterocycles. The Hall–Kier alpha value is -0.450. The lowest BCUT2D eigenvalue weighted by Gasteiger charge is -2.00. The average molecular weight is 269 g/mol. The van der Waals surface area contributed by atoms with Gasteiger partial charge in [0.2, 0.25) is 0 Å². The van der Waals surface area contributed by atoms with Crippen LogP contribution in [0.2, 0.25) is 0 Å². The quantitative estimate of drug-likeness (QED) is 0.864. The maximum atomic E-state index is 6.11. The first-order valence-electron chi connectivity index (χ1n) is 4.53. The molecule has 0 unspecified atom stereocenters. The normalized spacial score (nSPS) is 18.7. The first-order chi connectivity index (χ1) is 6.69. The molecule has 14 heavy (non-hydrogen) atoms. The molecule has 1 fully saturated rings. The zero-order valence-corrected chi connectivity index (χ0v) is 9.86. The second kappa shape index (κ2) is 2.78. The number of hydrogen-bond donors (Lipinski definition) is 1. The van der Waals surface area contributed by atoms with Crippen molar-refractivity contribution < 1.29 is 0 Å². The van der Waals surface area contributed by atoms with Crippen molar-refractivity contribution in [3.63, 3.8) is 0 Å². The summed E-state index contributed by atoms with van der Waals surface area (Å²) in [6.45, 7) is 0. The first-order valence-corrected chi connectivity index (χ1v) is 6.14. The minimum Gasteiger partial charge on any atom is -0.319 e. The van der Waals surface area contributed by atoms with Gasteiger partial charge in [-0.15, -0.1) is 11.3 Å². The van der Waals surface area contributed by atoms with E-state index in [2.05, 4.69) is 27.0 Å². The molecule has 0 atom stereocenters. The van der Waals surface area contributed by atoms with Crippen LogP contribution in [-0.4, -0.2) is 4.98 Å². The molecule has 2 nitrogen and oxygen atoms in total. The Balaban J connectivity index is 2.25. The van der Waals surface area contributed by atoms with E-state index in [0.29, 0.717) is 0 Å². The molecular weight excluding hydrogens is 260 g/mol. The topological polar surface area (TPSA) is 38.9 Å². The summed E-state index contributed by atoms with van der Waals surface area (Å²) in [5, 5.41) is 1.08. The third-order valence-electron chi connectivity index (χ3n) is 2.58. The molecule has 0 spiro atoms. The number of nitrogens with zero attached hydrogens (tertiary/aromatic N) is 1. The Kier molecular flexibility index (Phi) is 1.75. The zero-order valence-electron chi connectivity index (χ0n) is 7.46. The van der Waals surface area contributed by atoms with Crippen molar-refractivity contribution in [3.05, 3.63) is 27.7 Å².